The first kappa shape index (κ1) is 15.0. The van der Waals surface area contributed by atoms with Gasteiger partial charge in [-0.25, -0.2) is 9.36 Å². The van der Waals surface area contributed by atoms with Crippen LogP contribution in [0.4, 0.5) is 0 Å². The van der Waals surface area contributed by atoms with Crippen LogP contribution >= 0.6 is 0 Å². The van der Waals surface area contributed by atoms with Gasteiger partial charge in [-0.3, -0.25) is 4.90 Å². The first-order valence-corrected chi connectivity index (χ1v) is 8.46. The molecule has 3 aromatic rings. The summed E-state index contributed by atoms with van der Waals surface area (Å²) in [6.07, 6.45) is 3.54. The Hall–Kier alpha value is -2.53. The van der Waals surface area contributed by atoms with Gasteiger partial charge >= 0.3 is 5.69 Å². The number of aromatic amines is 1. The average molecular weight is 323 g/mol. The topological polar surface area (TPSA) is 61.3 Å². The number of nitrogens with zero attached hydrogens (tertiary/aromatic N) is 2. The normalized spacial score (nSPS) is 15.8. The fourth-order valence-corrected chi connectivity index (χ4v) is 3.52. The summed E-state index contributed by atoms with van der Waals surface area (Å²) in [7, 11) is 0. The Labute approximate surface area is 140 Å². The summed E-state index contributed by atoms with van der Waals surface area (Å²) in [6, 6.07) is 13.9. The van der Waals surface area contributed by atoms with Gasteiger partial charge in [0.25, 0.3) is 0 Å². The number of aromatic hydroxyl groups is 1. The molecule has 0 unspecified atom stereocenters. The maximum absolute atomic E-state index is 12.4. The van der Waals surface area contributed by atoms with E-state index < -0.39 is 0 Å². The highest BCUT2D eigenvalue weighted by Crippen LogP contribution is 2.32. The first-order valence-electron chi connectivity index (χ1n) is 8.46. The minimum Gasteiger partial charge on any atom is -0.493 e. The predicted octanol–water partition coefficient (Wildman–Crippen LogP) is 3.15. The predicted molar refractivity (Wildman–Crippen MR) is 95.1 cm³/mol. The number of fused-ring (bicyclic) bond motifs is 1. The number of hydrogen-bond donors (Lipinski definition) is 2. The van der Waals surface area contributed by atoms with E-state index in [0.29, 0.717) is 12.4 Å². The van der Waals surface area contributed by atoms with Crippen LogP contribution in [0.3, 0.4) is 0 Å². The third-order valence-electron chi connectivity index (χ3n) is 4.81. The van der Waals surface area contributed by atoms with E-state index in [-0.39, 0.29) is 11.6 Å². The second kappa shape index (κ2) is 6.17. The summed E-state index contributed by atoms with van der Waals surface area (Å²) in [5, 5.41) is 12.8. The monoisotopic (exact) mass is 323 g/mol. The van der Waals surface area contributed by atoms with Crippen molar-refractivity contribution in [2.75, 3.05) is 13.1 Å². The number of piperidine rings is 1. The molecule has 1 fully saturated rings. The largest absolute Gasteiger partial charge is 0.493 e. The SMILES string of the molecule is O=c1[nH]c(-c2cccc3ccccc23)c(O)n1CN1CCCCC1. The van der Waals surface area contributed by atoms with Crippen LogP contribution in [0.5, 0.6) is 5.88 Å². The molecule has 0 amide bonds. The van der Waals surface area contributed by atoms with Crippen LogP contribution in [0.2, 0.25) is 0 Å². The highest BCUT2D eigenvalue weighted by atomic mass is 16.3. The molecule has 2 N–H and O–H groups in total. The average Bonchev–Trinajstić information content (AvgIpc) is 2.90. The Morgan fingerprint density at radius 2 is 1.75 bits per heavy atom. The molecule has 0 spiro atoms. The Bertz CT molecular complexity index is 915. The molecule has 4 rings (SSSR count). The van der Waals surface area contributed by atoms with Crippen LogP contribution in [0, 0.1) is 0 Å². The summed E-state index contributed by atoms with van der Waals surface area (Å²) < 4.78 is 1.43. The van der Waals surface area contributed by atoms with E-state index in [1.807, 2.05) is 42.5 Å². The van der Waals surface area contributed by atoms with Crippen LogP contribution in [0.25, 0.3) is 22.0 Å². The first-order chi connectivity index (χ1) is 11.7. The van der Waals surface area contributed by atoms with Crippen molar-refractivity contribution in [3.05, 3.63) is 52.9 Å². The Morgan fingerprint density at radius 1 is 1.00 bits per heavy atom. The van der Waals surface area contributed by atoms with Crippen molar-refractivity contribution in [3.8, 4) is 17.1 Å². The molecule has 1 aromatic heterocycles. The lowest BCUT2D eigenvalue weighted by Crippen LogP contribution is -2.34. The number of likely N-dealkylation sites (tertiary alicyclic amines) is 1. The van der Waals surface area contributed by atoms with E-state index in [2.05, 4.69) is 9.88 Å². The smallest absolute Gasteiger partial charge is 0.330 e. The van der Waals surface area contributed by atoms with Gasteiger partial charge in [-0.15, -0.1) is 0 Å². The van der Waals surface area contributed by atoms with Crippen LogP contribution in [-0.4, -0.2) is 32.6 Å². The summed E-state index contributed by atoms with van der Waals surface area (Å²) >= 11 is 0. The third kappa shape index (κ3) is 2.61. The van der Waals surface area contributed by atoms with Crippen molar-refractivity contribution in [1.29, 1.82) is 0 Å². The van der Waals surface area contributed by atoms with Gasteiger partial charge in [0.2, 0.25) is 5.88 Å². The van der Waals surface area contributed by atoms with E-state index in [9.17, 15) is 9.90 Å². The molecular formula is C19H21N3O2. The highest BCUT2D eigenvalue weighted by molar-refractivity contribution is 5.96. The summed E-state index contributed by atoms with van der Waals surface area (Å²) in [5.41, 5.74) is 1.08. The maximum Gasteiger partial charge on any atom is 0.330 e. The zero-order valence-corrected chi connectivity index (χ0v) is 13.5. The van der Waals surface area contributed by atoms with Crippen LogP contribution < -0.4 is 5.69 Å². The Morgan fingerprint density at radius 3 is 2.58 bits per heavy atom. The Balaban J connectivity index is 1.76. The van der Waals surface area contributed by atoms with E-state index in [1.54, 1.807) is 0 Å². The molecule has 5 heteroatoms. The van der Waals surface area contributed by atoms with Crippen molar-refractivity contribution >= 4 is 10.8 Å². The molecule has 124 valence electrons. The number of aromatic nitrogens is 2. The Kier molecular flexibility index (Phi) is 3.86. The molecule has 0 atom stereocenters. The number of hydrogen-bond acceptors (Lipinski definition) is 3. The van der Waals surface area contributed by atoms with E-state index >= 15 is 0 Å². The fourth-order valence-electron chi connectivity index (χ4n) is 3.52. The van der Waals surface area contributed by atoms with Crippen molar-refractivity contribution in [3.63, 3.8) is 0 Å². The van der Waals surface area contributed by atoms with Crippen molar-refractivity contribution in [2.24, 2.45) is 0 Å². The number of nitrogens with one attached hydrogen (secondary N) is 1. The van der Waals surface area contributed by atoms with Gasteiger partial charge in [0.15, 0.2) is 0 Å². The lowest BCUT2D eigenvalue weighted by molar-refractivity contribution is 0.172. The highest BCUT2D eigenvalue weighted by Gasteiger charge is 2.19. The molecule has 0 aliphatic carbocycles. The van der Waals surface area contributed by atoms with E-state index in [4.69, 9.17) is 0 Å². The lowest BCUT2D eigenvalue weighted by atomic mass is 10.0. The van der Waals surface area contributed by atoms with E-state index in [0.717, 1.165) is 42.3 Å². The van der Waals surface area contributed by atoms with Gasteiger partial charge in [-0.05, 0) is 36.7 Å². The number of benzene rings is 2. The number of rotatable bonds is 3. The molecule has 2 aromatic carbocycles. The third-order valence-corrected chi connectivity index (χ3v) is 4.81. The van der Waals surface area contributed by atoms with Gasteiger partial charge in [-0.1, -0.05) is 48.9 Å². The van der Waals surface area contributed by atoms with E-state index in [1.165, 1.54) is 11.0 Å². The molecule has 0 bridgehead atoms. The molecule has 1 aliphatic heterocycles. The second-order valence-electron chi connectivity index (χ2n) is 6.40. The minimum atomic E-state index is -0.263. The molecule has 5 nitrogen and oxygen atoms in total. The second-order valence-corrected chi connectivity index (χ2v) is 6.40. The zero-order chi connectivity index (χ0) is 16.5. The zero-order valence-electron chi connectivity index (χ0n) is 13.5. The number of H-pyrrole nitrogens is 1. The summed E-state index contributed by atoms with van der Waals surface area (Å²) in [5.74, 6) is 0.0157. The standard InChI is InChI=1S/C19H21N3O2/c23-18-17(16-10-6-8-14-7-2-3-9-15(14)16)20-19(24)22(18)13-21-11-4-1-5-12-21/h2-3,6-10,23H,1,4-5,11-13H2,(H,20,24). The number of imidazole rings is 1. The van der Waals surface area contributed by atoms with Crippen molar-refractivity contribution in [1.82, 2.24) is 14.5 Å². The van der Waals surface area contributed by atoms with Gasteiger partial charge in [0, 0.05) is 5.56 Å². The maximum atomic E-state index is 12.4. The molecule has 0 saturated carbocycles. The molecule has 1 aliphatic rings. The van der Waals surface area contributed by atoms with Gasteiger partial charge in [-0.2, -0.15) is 0 Å². The van der Waals surface area contributed by atoms with Gasteiger partial charge in [0.05, 0.1) is 6.67 Å². The quantitative estimate of drug-likeness (QED) is 0.778. The fraction of sp³-hybridized carbons (Fsp3) is 0.316. The van der Waals surface area contributed by atoms with Crippen LogP contribution in [-0.2, 0) is 6.67 Å². The molecule has 1 saturated heterocycles. The summed E-state index contributed by atoms with van der Waals surface area (Å²) in [6.45, 7) is 2.38. The molecule has 2 heterocycles. The lowest BCUT2D eigenvalue weighted by Gasteiger charge is -2.26. The van der Waals surface area contributed by atoms with Gasteiger partial charge < -0.3 is 10.1 Å². The van der Waals surface area contributed by atoms with Crippen LogP contribution in [0.15, 0.2) is 47.3 Å². The molecule has 0 radical (unpaired) electrons. The van der Waals surface area contributed by atoms with Crippen molar-refractivity contribution in [2.45, 2.75) is 25.9 Å². The van der Waals surface area contributed by atoms with Gasteiger partial charge in [0.1, 0.15) is 5.69 Å². The summed E-state index contributed by atoms with van der Waals surface area (Å²) in [4.78, 5) is 17.4. The molecule has 24 heavy (non-hydrogen) atoms. The molecular weight excluding hydrogens is 302 g/mol. The minimum absolute atomic E-state index is 0.0157. The van der Waals surface area contributed by atoms with Crippen LogP contribution in [0.1, 0.15) is 19.3 Å². The van der Waals surface area contributed by atoms with Crippen molar-refractivity contribution < 1.29 is 5.11 Å².